The Balaban J connectivity index is 2.95. The number of aldehydes is 1. The van der Waals surface area contributed by atoms with Crippen LogP contribution in [0.3, 0.4) is 0 Å². The molecule has 0 saturated heterocycles. The van der Waals surface area contributed by atoms with E-state index < -0.39 is 29.3 Å². The van der Waals surface area contributed by atoms with Gasteiger partial charge in [-0.1, -0.05) is 19.0 Å². The van der Waals surface area contributed by atoms with Crippen LogP contribution < -0.4 is 0 Å². The molecule has 3 N–H and O–H groups in total. The van der Waals surface area contributed by atoms with Gasteiger partial charge in [0.2, 0.25) is 0 Å². The molecule has 0 bridgehead atoms. The van der Waals surface area contributed by atoms with Crippen LogP contribution in [-0.4, -0.2) is 45.5 Å². The average molecular weight is 215 g/mol. The van der Waals surface area contributed by atoms with Gasteiger partial charge in [0, 0.05) is 10.3 Å². The molecular weight excluding hydrogens is 202 g/mol. The van der Waals surface area contributed by atoms with E-state index in [9.17, 15) is 20.1 Å². The normalized spacial score (nSPS) is 39.0. The van der Waals surface area contributed by atoms with Crippen LogP contribution in [-0.2, 0) is 4.79 Å². The van der Waals surface area contributed by atoms with Crippen molar-refractivity contribution in [3.8, 4) is 0 Å². The lowest BCUT2D eigenvalue weighted by Gasteiger charge is -2.18. The molecule has 3 atom stereocenters. The van der Waals surface area contributed by atoms with Crippen molar-refractivity contribution in [1.29, 1.82) is 0 Å². The summed E-state index contributed by atoms with van der Waals surface area (Å²) in [6, 6.07) is 0. The number of aliphatic hydroxyl groups excluding tert-OH is 1. The zero-order valence-corrected chi connectivity index (χ0v) is 8.45. The summed E-state index contributed by atoms with van der Waals surface area (Å²) in [6.07, 6.45) is -1.27. The Kier molecular flexibility index (Phi) is 2.53. The van der Waals surface area contributed by atoms with Crippen molar-refractivity contribution < 1.29 is 20.1 Å². The molecule has 1 aliphatic rings. The minimum atomic E-state index is -2.00. The lowest BCUT2D eigenvalue weighted by molar-refractivity contribution is -0.125. The van der Waals surface area contributed by atoms with E-state index in [1.807, 2.05) is 0 Å². The van der Waals surface area contributed by atoms with Gasteiger partial charge in [0.1, 0.15) is 5.60 Å². The van der Waals surface area contributed by atoms with Crippen molar-refractivity contribution in [2.75, 3.05) is 6.54 Å². The second-order valence-corrected chi connectivity index (χ2v) is 4.20. The maximum absolute atomic E-state index is 10.7. The monoisotopic (exact) mass is 215 g/mol. The number of hydrogen-bond acceptors (Lipinski definition) is 5. The lowest BCUT2D eigenvalue weighted by Crippen LogP contribution is -2.40. The molecule has 0 unspecified atom stereocenters. The molecule has 0 aliphatic heterocycles. The van der Waals surface area contributed by atoms with E-state index in [0.717, 1.165) is 0 Å². The molecule has 7 heteroatoms. The van der Waals surface area contributed by atoms with Gasteiger partial charge < -0.3 is 15.3 Å². The van der Waals surface area contributed by atoms with Gasteiger partial charge in [-0.3, -0.25) is 4.79 Å². The Bertz CT molecular complexity index is 339. The molecule has 0 heterocycles. The summed E-state index contributed by atoms with van der Waals surface area (Å²) >= 11 is 0. The molecule has 84 valence electrons. The molecule has 1 fully saturated rings. The molecule has 0 aromatic carbocycles. The number of aliphatic hydroxyl groups is 3. The molecular formula is C8H13N3O4. The molecule has 0 aromatic rings. The average Bonchev–Trinajstić information content (AvgIpc) is 2.56. The predicted octanol–water partition coefficient (Wildman–Crippen LogP) is -0.642. The summed E-state index contributed by atoms with van der Waals surface area (Å²) < 4.78 is 0. The van der Waals surface area contributed by atoms with E-state index in [0.29, 0.717) is 0 Å². The van der Waals surface area contributed by atoms with Gasteiger partial charge >= 0.3 is 0 Å². The van der Waals surface area contributed by atoms with Crippen LogP contribution in [0.1, 0.15) is 13.8 Å². The number of rotatable bonds is 4. The molecule has 15 heavy (non-hydrogen) atoms. The zero-order valence-electron chi connectivity index (χ0n) is 8.45. The lowest BCUT2D eigenvalue weighted by atomic mass is 10.0. The summed E-state index contributed by atoms with van der Waals surface area (Å²) in [7, 11) is 0. The first-order chi connectivity index (χ1) is 6.79. The second kappa shape index (κ2) is 3.18. The fraction of sp³-hybridized carbons (Fsp3) is 0.875. The number of hydrogen-bond donors (Lipinski definition) is 3. The molecule has 0 radical (unpaired) electrons. The molecule has 0 aromatic heterocycles. The SMILES string of the molecule is CC1(C)[C@@](O)(C=O)[C@]1(O)[C@H](O)CN=[N+]=[N-]. The number of nitrogens with zero attached hydrogens (tertiary/aromatic N) is 3. The van der Waals surface area contributed by atoms with Gasteiger partial charge in [-0.15, -0.1) is 0 Å². The van der Waals surface area contributed by atoms with Gasteiger partial charge in [-0.05, 0) is 5.53 Å². The minimum absolute atomic E-state index is 0.201. The van der Waals surface area contributed by atoms with Crippen molar-refractivity contribution in [2.24, 2.45) is 10.5 Å². The van der Waals surface area contributed by atoms with Crippen molar-refractivity contribution in [3.63, 3.8) is 0 Å². The highest BCUT2D eigenvalue weighted by Gasteiger charge is 2.85. The van der Waals surface area contributed by atoms with Crippen molar-refractivity contribution in [2.45, 2.75) is 31.2 Å². The standard InChI is InChI=1S/C8H13N3O4/c1-6(2)7(14,4-12)8(6,15)5(13)3-10-11-9/h4-5,13-15H,3H2,1-2H3/t5-,7+,8+/m1/s1. The third-order valence-electron chi connectivity index (χ3n) is 3.39. The van der Waals surface area contributed by atoms with E-state index in [-0.39, 0.29) is 6.29 Å². The Hall–Kier alpha value is -1.14. The zero-order chi connectivity index (χ0) is 11.9. The Morgan fingerprint density at radius 1 is 1.53 bits per heavy atom. The van der Waals surface area contributed by atoms with Crippen LogP contribution >= 0.6 is 0 Å². The highest BCUT2D eigenvalue weighted by Crippen LogP contribution is 2.65. The third kappa shape index (κ3) is 1.12. The van der Waals surface area contributed by atoms with Gasteiger partial charge in [0.25, 0.3) is 0 Å². The number of carbonyl (C=O) groups is 1. The molecule has 0 amide bonds. The van der Waals surface area contributed by atoms with Gasteiger partial charge in [-0.2, -0.15) is 0 Å². The summed E-state index contributed by atoms with van der Waals surface area (Å²) in [5.41, 5.74) is 2.93. The summed E-state index contributed by atoms with van der Waals surface area (Å²) in [5, 5.41) is 32.3. The Morgan fingerprint density at radius 2 is 2.07 bits per heavy atom. The number of azide groups is 1. The quantitative estimate of drug-likeness (QED) is 0.249. The fourth-order valence-electron chi connectivity index (χ4n) is 2.05. The van der Waals surface area contributed by atoms with E-state index in [4.69, 9.17) is 5.53 Å². The summed E-state index contributed by atoms with van der Waals surface area (Å²) in [4.78, 5) is 13.1. The van der Waals surface area contributed by atoms with Gasteiger partial charge in [-0.25, -0.2) is 0 Å². The first kappa shape index (κ1) is 11.9. The largest absolute Gasteiger partial charge is 0.390 e. The van der Waals surface area contributed by atoms with Crippen LogP contribution in [0.2, 0.25) is 0 Å². The first-order valence-electron chi connectivity index (χ1n) is 4.39. The van der Waals surface area contributed by atoms with E-state index in [2.05, 4.69) is 10.0 Å². The van der Waals surface area contributed by atoms with Crippen LogP contribution in [0.4, 0.5) is 0 Å². The molecule has 7 nitrogen and oxygen atoms in total. The van der Waals surface area contributed by atoms with Crippen molar-refractivity contribution >= 4 is 6.29 Å². The predicted molar refractivity (Wildman–Crippen MR) is 49.8 cm³/mol. The minimum Gasteiger partial charge on any atom is -0.390 e. The maximum atomic E-state index is 10.7. The van der Waals surface area contributed by atoms with Crippen molar-refractivity contribution in [3.05, 3.63) is 10.4 Å². The third-order valence-corrected chi connectivity index (χ3v) is 3.39. The highest BCUT2D eigenvalue weighted by atomic mass is 16.4. The maximum Gasteiger partial charge on any atom is 0.159 e. The Labute approximate surface area is 86.0 Å². The van der Waals surface area contributed by atoms with Crippen LogP contribution in [0.25, 0.3) is 10.4 Å². The highest BCUT2D eigenvalue weighted by molar-refractivity contribution is 5.75. The van der Waals surface area contributed by atoms with E-state index in [1.165, 1.54) is 13.8 Å². The second-order valence-electron chi connectivity index (χ2n) is 4.20. The smallest absolute Gasteiger partial charge is 0.159 e. The fourth-order valence-corrected chi connectivity index (χ4v) is 2.05. The van der Waals surface area contributed by atoms with E-state index in [1.54, 1.807) is 0 Å². The number of carbonyl (C=O) groups excluding carboxylic acids is 1. The first-order valence-corrected chi connectivity index (χ1v) is 4.39. The molecule has 1 rings (SSSR count). The van der Waals surface area contributed by atoms with Gasteiger partial charge in [0.15, 0.2) is 11.9 Å². The van der Waals surface area contributed by atoms with Crippen LogP contribution in [0, 0.1) is 5.41 Å². The van der Waals surface area contributed by atoms with E-state index >= 15 is 0 Å². The van der Waals surface area contributed by atoms with Crippen molar-refractivity contribution in [1.82, 2.24) is 0 Å². The Morgan fingerprint density at radius 3 is 2.40 bits per heavy atom. The molecule has 1 aliphatic carbocycles. The summed E-state index contributed by atoms with van der Waals surface area (Å²) in [5.74, 6) is 0. The summed E-state index contributed by atoms with van der Waals surface area (Å²) in [6.45, 7) is 2.49. The van der Waals surface area contributed by atoms with Crippen LogP contribution in [0.15, 0.2) is 5.11 Å². The molecule has 0 spiro atoms. The van der Waals surface area contributed by atoms with Crippen LogP contribution in [0.5, 0.6) is 0 Å². The van der Waals surface area contributed by atoms with Gasteiger partial charge in [0.05, 0.1) is 12.6 Å². The molecule has 1 saturated carbocycles. The topological polar surface area (TPSA) is 127 Å².